The maximum atomic E-state index is 12.4. The van der Waals surface area contributed by atoms with Crippen molar-refractivity contribution in [3.8, 4) is 0 Å². The number of sulfonamides is 1. The van der Waals surface area contributed by atoms with Gasteiger partial charge < -0.3 is 4.74 Å². The Morgan fingerprint density at radius 2 is 1.87 bits per heavy atom. The summed E-state index contributed by atoms with van der Waals surface area (Å²) >= 11 is 0.906. The molecule has 1 unspecified atom stereocenters. The number of benzene rings is 2. The van der Waals surface area contributed by atoms with E-state index in [4.69, 9.17) is 4.74 Å². The lowest BCUT2D eigenvalue weighted by Gasteiger charge is -2.23. The number of rotatable bonds is 7. The van der Waals surface area contributed by atoms with Crippen molar-refractivity contribution in [3.63, 3.8) is 0 Å². The van der Waals surface area contributed by atoms with Crippen LogP contribution in [-0.4, -0.2) is 38.4 Å². The molecule has 0 radical (unpaired) electrons. The van der Waals surface area contributed by atoms with Crippen LogP contribution in [0.2, 0.25) is 0 Å². The first kappa shape index (κ1) is 21.8. The standard InChI is InChI=1S/C20H20N2O6S2/c1-3-28-19(24)15-5-4-6-16(11-15)22(30(2,26)27)12-13-7-9-14(10-8-13)17-18(23)21-20(25)29-17/h4-11,17H,3,12H2,1-2H3,(H,21,23,25). The zero-order chi connectivity index (χ0) is 21.9. The molecule has 158 valence electrons. The first-order chi connectivity index (χ1) is 14.2. The summed E-state index contributed by atoms with van der Waals surface area (Å²) in [6.45, 7) is 1.94. The van der Waals surface area contributed by atoms with E-state index in [2.05, 4.69) is 5.32 Å². The number of carbonyl (C=O) groups excluding carboxylic acids is 3. The molecule has 0 saturated carbocycles. The predicted octanol–water partition coefficient (Wildman–Crippen LogP) is 2.85. The highest BCUT2D eigenvalue weighted by Crippen LogP contribution is 2.34. The molecule has 3 rings (SSSR count). The number of ether oxygens (including phenoxy) is 1. The second kappa shape index (κ2) is 8.88. The normalized spacial score (nSPS) is 16.3. The van der Waals surface area contributed by atoms with E-state index in [0.717, 1.165) is 18.0 Å². The van der Waals surface area contributed by atoms with Gasteiger partial charge in [0.15, 0.2) is 0 Å². The smallest absolute Gasteiger partial charge is 0.338 e. The fourth-order valence-electron chi connectivity index (χ4n) is 2.94. The van der Waals surface area contributed by atoms with Crippen LogP contribution in [0.1, 0.15) is 33.7 Å². The number of anilines is 1. The molecule has 1 heterocycles. The zero-order valence-corrected chi connectivity index (χ0v) is 18.0. The van der Waals surface area contributed by atoms with Gasteiger partial charge in [-0.15, -0.1) is 0 Å². The third kappa shape index (κ3) is 5.00. The van der Waals surface area contributed by atoms with E-state index < -0.39 is 21.2 Å². The summed E-state index contributed by atoms with van der Waals surface area (Å²) in [6, 6.07) is 13.0. The van der Waals surface area contributed by atoms with Crippen LogP contribution in [0, 0.1) is 0 Å². The molecule has 1 saturated heterocycles. The third-order valence-corrected chi connectivity index (χ3v) is 6.52. The van der Waals surface area contributed by atoms with Crippen LogP contribution < -0.4 is 9.62 Å². The molecule has 1 aliphatic rings. The van der Waals surface area contributed by atoms with Crippen molar-refractivity contribution in [1.82, 2.24) is 5.32 Å². The van der Waals surface area contributed by atoms with Gasteiger partial charge in [0, 0.05) is 0 Å². The molecule has 0 aliphatic carbocycles. The second-order valence-electron chi connectivity index (χ2n) is 6.56. The van der Waals surface area contributed by atoms with Crippen LogP contribution in [-0.2, 0) is 26.1 Å². The molecule has 10 heteroatoms. The van der Waals surface area contributed by atoms with E-state index in [1.54, 1.807) is 49.4 Å². The number of nitrogens with one attached hydrogen (secondary N) is 1. The molecule has 1 N–H and O–H groups in total. The Kier molecular flexibility index (Phi) is 6.47. The summed E-state index contributed by atoms with van der Waals surface area (Å²) in [5, 5.41) is 1.23. The van der Waals surface area contributed by atoms with E-state index in [1.165, 1.54) is 10.4 Å². The van der Waals surface area contributed by atoms with Crippen molar-refractivity contribution in [3.05, 3.63) is 65.2 Å². The first-order valence-corrected chi connectivity index (χ1v) is 11.8. The quantitative estimate of drug-likeness (QED) is 0.649. The van der Waals surface area contributed by atoms with Crippen LogP contribution >= 0.6 is 11.8 Å². The van der Waals surface area contributed by atoms with Crippen molar-refractivity contribution < 1.29 is 27.5 Å². The van der Waals surface area contributed by atoms with Gasteiger partial charge in [-0.25, -0.2) is 13.2 Å². The highest BCUT2D eigenvalue weighted by molar-refractivity contribution is 8.15. The van der Waals surface area contributed by atoms with Gasteiger partial charge >= 0.3 is 5.97 Å². The topological polar surface area (TPSA) is 110 Å². The molecular weight excluding hydrogens is 428 g/mol. The Morgan fingerprint density at radius 1 is 1.17 bits per heavy atom. The summed E-state index contributed by atoms with van der Waals surface area (Å²) in [7, 11) is -3.64. The van der Waals surface area contributed by atoms with Crippen molar-refractivity contribution in [2.45, 2.75) is 18.7 Å². The minimum Gasteiger partial charge on any atom is -0.462 e. The molecule has 1 fully saturated rings. The van der Waals surface area contributed by atoms with Gasteiger partial charge in [-0.2, -0.15) is 0 Å². The van der Waals surface area contributed by atoms with Crippen molar-refractivity contribution >= 4 is 44.6 Å². The predicted molar refractivity (Wildman–Crippen MR) is 114 cm³/mol. The number of thioether (sulfide) groups is 1. The lowest BCUT2D eigenvalue weighted by molar-refractivity contribution is -0.119. The van der Waals surface area contributed by atoms with E-state index in [1.807, 2.05) is 0 Å². The van der Waals surface area contributed by atoms with Gasteiger partial charge in [0.2, 0.25) is 15.9 Å². The average Bonchev–Trinajstić information content (AvgIpc) is 3.04. The summed E-state index contributed by atoms with van der Waals surface area (Å²) in [5.41, 5.74) is 1.93. The van der Waals surface area contributed by atoms with Crippen LogP contribution in [0.5, 0.6) is 0 Å². The Bertz CT molecular complexity index is 1080. The lowest BCUT2D eigenvalue weighted by atomic mass is 10.1. The number of amides is 2. The molecule has 1 aliphatic heterocycles. The van der Waals surface area contributed by atoms with E-state index in [0.29, 0.717) is 16.8 Å². The number of nitrogens with zero attached hydrogens (tertiary/aromatic N) is 1. The molecule has 0 bridgehead atoms. The highest BCUT2D eigenvalue weighted by atomic mass is 32.2. The molecule has 30 heavy (non-hydrogen) atoms. The van der Waals surface area contributed by atoms with Gasteiger partial charge in [0.05, 0.1) is 30.7 Å². The number of esters is 1. The molecule has 8 nitrogen and oxygen atoms in total. The van der Waals surface area contributed by atoms with Gasteiger partial charge in [0.25, 0.3) is 5.24 Å². The molecular formula is C20H20N2O6S2. The van der Waals surface area contributed by atoms with Gasteiger partial charge in [-0.05, 0) is 48.0 Å². The maximum Gasteiger partial charge on any atom is 0.338 e. The van der Waals surface area contributed by atoms with Crippen LogP contribution in [0.3, 0.4) is 0 Å². The van der Waals surface area contributed by atoms with Crippen LogP contribution in [0.25, 0.3) is 0 Å². The molecule has 2 aromatic carbocycles. The first-order valence-electron chi connectivity index (χ1n) is 9.04. The summed E-state index contributed by atoms with van der Waals surface area (Å²) in [6.07, 6.45) is 1.09. The van der Waals surface area contributed by atoms with Gasteiger partial charge in [-0.1, -0.05) is 30.3 Å². The minimum atomic E-state index is -3.64. The molecule has 1 atom stereocenters. The molecule has 0 aromatic heterocycles. The van der Waals surface area contributed by atoms with E-state index in [-0.39, 0.29) is 29.9 Å². The van der Waals surface area contributed by atoms with Crippen LogP contribution in [0.15, 0.2) is 48.5 Å². The monoisotopic (exact) mass is 448 g/mol. The largest absolute Gasteiger partial charge is 0.462 e. The Hall–Kier alpha value is -2.85. The third-order valence-electron chi connectivity index (χ3n) is 4.34. The fraction of sp³-hybridized carbons (Fsp3) is 0.250. The number of imide groups is 1. The van der Waals surface area contributed by atoms with Crippen molar-refractivity contribution in [2.75, 3.05) is 17.2 Å². The summed E-state index contributed by atoms with van der Waals surface area (Å²) < 4.78 is 31.0. The molecule has 2 aromatic rings. The number of carbonyl (C=O) groups is 3. The number of hydrogen-bond donors (Lipinski definition) is 1. The zero-order valence-electron chi connectivity index (χ0n) is 16.3. The van der Waals surface area contributed by atoms with Crippen molar-refractivity contribution in [1.29, 1.82) is 0 Å². The highest BCUT2D eigenvalue weighted by Gasteiger charge is 2.32. The fourth-order valence-corrected chi connectivity index (χ4v) is 4.65. The average molecular weight is 449 g/mol. The second-order valence-corrected chi connectivity index (χ2v) is 9.54. The maximum absolute atomic E-state index is 12.4. The van der Waals surface area contributed by atoms with E-state index >= 15 is 0 Å². The Labute approximate surface area is 178 Å². The minimum absolute atomic E-state index is 0.0360. The SMILES string of the molecule is CCOC(=O)c1cccc(N(Cc2ccc(C3SC(=O)NC3=O)cc2)S(C)(=O)=O)c1. The Balaban J connectivity index is 1.84. The lowest BCUT2D eigenvalue weighted by Crippen LogP contribution is -2.29. The molecule has 2 amide bonds. The van der Waals surface area contributed by atoms with E-state index in [9.17, 15) is 22.8 Å². The van der Waals surface area contributed by atoms with Gasteiger partial charge in [0.1, 0.15) is 5.25 Å². The molecule has 0 spiro atoms. The summed E-state index contributed by atoms with van der Waals surface area (Å²) in [4.78, 5) is 35.2. The summed E-state index contributed by atoms with van der Waals surface area (Å²) in [5.74, 6) is -0.898. The number of hydrogen-bond acceptors (Lipinski definition) is 7. The van der Waals surface area contributed by atoms with Gasteiger partial charge in [-0.3, -0.25) is 19.2 Å². The van der Waals surface area contributed by atoms with Crippen LogP contribution in [0.4, 0.5) is 10.5 Å². The Morgan fingerprint density at radius 3 is 2.43 bits per heavy atom. The van der Waals surface area contributed by atoms with Crippen molar-refractivity contribution in [2.24, 2.45) is 0 Å².